The molecule has 0 radical (unpaired) electrons. The SMILES string of the molecule is CC(Sc1ncnc2ccccc12)C(=O)NC(=O)NC1CCCCC1. The first-order valence-electron chi connectivity index (χ1n) is 8.61. The van der Waals surface area contributed by atoms with Crippen molar-refractivity contribution in [2.75, 3.05) is 0 Å². The number of urea groups is 1. The van der Waals surface area contributed by atoms with Gasteiger partial charge in [-0.25, -0.2) is 14.8 Å². The van der Waals surface area contributed by atoms with E-state index in [2.05, 4.69) is 20.6 Å². The summed E-state index contributed by atoms with van der Waals surface area (Å²) in [5.74, 6) is -0.319. The molecule has 3 rings (SSSR count). The van der Waals surface area contributed by atoms with Crippen molar-refractivity contribution in [2.24, 2.45) is 0 Å². The van der Waals surface area contributed by atoms with Gasteiger partial charge in [-0.1, -0.05) is 49.2 Å². The quantitative estimate of drug-likeness (QED) is 0.647. The van der Waals surface area contributed by atoms with Crippen molar-refractivity contribution in [3.63, 3.8) is 0 Å². The summed E-state index contributed by atoms with van der Waals surface area (Å²) in [6.07, 6.45) is 6.94. The molecule has 2 N–H and O–H groups in total. The first-order chi connectivity index (χ1) is 12.1. The number of carbonyl (C=O) groups is 2. The van der Waals surface area contributed by atoms with Crippen LogP contribution in [-0.4, -0.2) is 33.2 Å². The second kappa shape index (κ2) is 8.29. The zero-order valence-corrected chi connectivity index (χ0v) is 15.0. The van der Waals surface area contributed by atoms with Crippen LogP contribution >= 0.6 is 11.8 Å². The Labute approximate surface area is 151 Å². The van der Waals surface area contributed by atoms with Gasteiger partial charge in [-0.05, 0) is 25.8 Å². The maximum atomic E-state index is 12.3. The summed E-state index contributed by atoms with van der Waals surface area (Å²) in [4.78, 5) is 32.8. The maximum absolute atomic E-state index is 12.3. The van der Waals surface area contributed by atoms with Crippen LogP contribution in [0.1, 0.15) is 39.0 Å². The smallest absolute Gasteiger partial charge is 0.321 e. The van der Waals surface area contributed by atoms with Gasteiger partial charge in [0.15, 0.2) is 0 Å². The van der Waals surface area contributed by atoms with Crippen LogP contribution < -0.4 is 10.6 Å². The van der Waals surface area contributed by atoms with Gasteiger partial charge in [0, 0.05) is 11.4 Å². The number of benzene rings is 1. The molecule has 132 valence electrons. The Bertz CT molecular complexity index is 756. The van der Waals surface area contributed by atoms with E-state index in [9.17, 15) is 9.59 Å². The molecule has 1 heterocycles. The van der Waals surface area contributed by atoms with Crippen molar-refractivity contribution >= 4 is 34.6 Å². The van der Waals surface area contributed by atoms with Gasteiger partial charge in [0.1, 0.15) is 11.4 Å². The Kier molecular flexibility index (Phi) is 5.86. The van der Waals surface area contributed by atoms with Crippen LogP contribution in [0.25, 0.3) is 10.9 Å². The molecule has 0 saturated heterocycles. The minimum absolute atomic E-state index is 0.176. The number of para-hydroxylation sites is 1. The van der Waals surface area contributed by atoms with Crippen molar-refractivity contribution in [1.29, 1.82) is 0 Å². The number of amides is 3. The Morgan fingerprint density at radius 3 is 2.72 bits per heavy atom. The van der Waals surface area contributed by atoms with Crippen LogP contribution in [0, 0.1) is 0 Å². The Morgan fingerprint density at radius 1 is 1.16 bits per heavy atom. The van der Waals surface area contributed by atoms with Gasteiger partial charge in [0.2, 0.25) is 5.91 Å². The van der Waals surface area contributed by atoms with E-state index in [1.54, 1.807) is 6.92 Å². The summed E-state index contributed by atoms with van der Waals surface area (Å²) in [6, 6.07) is 7.43. The van der Waals surface area contributed by atoms with Crippen molar-refractivity contribution < 1.29 is 9.59 Å². The molecule has 1 aromatic heterocycles. The van der Waals surface area contributed by atoms with Gasteiger partial charge < -0.3 is 5.32 Å². The van der Waals surface area contributed by atoms with E-state index in [0.717, 1.165) is 41.6 Å². The van der Waals surface area contributed by atoms with E-state index in [-0.39, 0.29) is 11.9 Å². The van der Waals surface area contributed by atoms with Gasteiger partial charge in [0.05, 0.1) is 10.8 Å². The lowest BCUT2D eigenvalue weighted by Gasteiger charge is -2.23. The summed E-state index contributed by atoms with van der Waals surface area (Å²) < 4.78 is 0. The van der Waals surface area contributed by atoms with Crippen LogP contribution in [-0.2, 0) is 4.79 Å². The minimum atomic E-state index is -0.435. The molecule has 1 aromatic carbocycles. The van der Waals surface area contributed by atoms with Crippen LogP contribution in [0.15, 0.2) is 35.6 Å². The molecule has 1 unspecified atom stereocenters. The highest BCUT2D eigenvalue weighted by Crippen LogP contribution is 2.27. The Balaban J connectivity index is 1.57. The maximum Gasteiger partial charge on any atom is 0.321 e. The van der Waals surface area contributed by atoms with Gasteiger partial charge in [0.25, 0.3) is 0 Å². The number of carbonyl (C=O) groups excluding carboxylic acids is 2. The molecule has 25 heavy (non-hydrogen) atoms. The molecule has 1 fully saturated rings. The number of thioether (sulfide) groups is 1. The third-order valence-electron chi connectivity index (χ3n) is 4.34. The lowest BCUT2D eigenvalue weighted by Crippen LogP contribution is -2.47. The third kappa shape index (κ3) is 4.69. The van der Waals surface area contributed by atoms with Gasteiger partial charge in [-0.3, -0.25) is 10.1 Å². The van der Waals surface area contributed by atoms with E-state index in [0.29, 0.717) is 0 Å². The zero-order valence-electron chi connectivity index (χ0n) is 14.2. The first-order valence-corrected chi connectivity index (χ1v) is 9.49. The molecule has 6 nitrogen and oxygen atoms in total. The monoisotopic (exact) mass is 358 g/mol. The van der Waals surface area contributed by atoms with Gasteiger partial charge in [-0.15, -0.1) is 0 Å². The molecule has 1 aliphatic rings. The molecular weight excluding hydrogens is 336 g/mol. The second-order valence-corrected chi connectivity index (χ2v) is 7.58. The number of hydrogen-bond donors (Lipinski definition) is 2. The Morgan fingerprint density at radius 2 is 1.92 bits per heavy atom. The van der Waals surface area contributed by atoms with Gasteiger partial charge in [-0.2, -0.15) is 0 Å². The first kappa shape index (κ1) is 17.7. The van der Waals surface area contributed by atoms with E-state index >= 15 is 0 Å². The highest BCUT2D eigenvalue weighted by Gasteiger charge is 2.21. The largest absolute Gasteiger partial charge is 0.335 e. The summed E-state index contributed by atoms with van der Waals surface area (Å²) in [5.41, 5.74) is 0.836. The van der Waals surface area contributed by atoms with Crippen molar-refractivity contribution in [2.45, 2.75) is 55.3 Å². The number of nitrogens with zero attached hydrogens (tertiary/aromatic N) is 2. The van der Waals surface area contributed by atoms with Crippen molar-refractivity contribution in [1.82, 2.24) is 20.6 Å². The molecule has 7 heteroatoms. The number of rotatable bonds is 4. The predicted molar refractivity (Wildman–Crippen MR) is 98.4 cm³/mol. The van der Waals surface area contributed by atoms with E-state index < -0.39 is 11.3 Å². The number of hydrogen-bond acceptors (Lipinski definition) is 5. The van der Waals surface area contributed by atoms with Crippen molar-refractivity contribution in [3.05, 3.63) is 30.6 Å². The molecule has 1 atom stereocenters. The topological polar surface area (TPSA) is 84.0 Å². The fourth-order valence-corrected chi connectivity index (χ4v) is 3.89. The lowest BCUT2D eigenvalue weighted by atomic mass is 9.96. The number of aromatic nitrogens is 2. The summed E-state index contributed by atoms with van der Waals surface area (Å²) in [6.45, 7) is 1.77. The van der Waals surface area contributed by atoms with Crippen molar-refractivity contribution in [3.8, 4) is 0 Å². The molecule has 0 bridgehead atoms. The number of fused-ring (bicyclic) bond motifs is 1. The fraction of sp³-hybridized carbons (Fsp3) is 0.444. The minimum Gasteiger partial charge on any atom is -0.335 e. The molecular formula is C18H22N4O2S. The standard InChI is InChI=1S/C18H22N4O2S/c1-12(16(23)22-18(24)21-13-7-3-2-4-8-13)25-17-14-9-5-6-10-15(14)19-11-20-17/h5-6,9-13H,2-4,7-8H2,1H3,(H2,21,22,23,24). The van der Waals surface area contributed by atoms with Crippen LogP contribution in [0.4, 0.5) is 4.79 Å². The molecule has 1 saturated carbocycles. The fourth-order valence-electron chi connectivity index (χ4n) is 2.98. The van der Waals surface area contributed by atoms with Crippen LogP contribution in [0.5, 0.6) is 0 Å². The molecule has 3 amide bonds. The van der Waals surface area contributed by atoms with E-state index in [4.69, 9.17) is 0 Å². The van der Waals surface area contributed by atoms with Crippen LogP contribution in [0.3, 0.4) is 0 Å². The third-order valence-corrected chi connectivity index (χ3v) is 5.46. The molecule has 0 aliphatic heterocycles. The molecule has 1 aliphatic carbocycles. The van der Waals surface area contributed by atoms with Crippen LogP contribution in [0.2, 0.25) is 0 Å². The summed E-state index contributed by atoms with van der Waals surface area (Å²) in [7, 11) is 0. The second-order valence-electron chi connectivity index (χ2n) is 6.25. The highest BCUT2D eigenvalue weighted by atomic mass is 32.2. The average molecular weight is 358 g/mol. The van der Waals surface area contributed by atoms with Gasteiger partial charge >= 0.3 is 6.03 Å². The Hall–Kier alpha value is -2.15. The average Bonchev–Trinajstić information content (AvgIpc) is 2.62. The zero-order chi connectivity index (χ0) is 17.6. The number of nitrogens with one attached hydrogen (secondary N) is 2. The highest BCUT2D eigenvalue weighted by molar-refractivity contribution is 8.00. The predicted octanol–water partition coefficient (Wildman–Crippen LogP) is 3.27. The summed E-state index contributed by atoms with van der Waals surface area (Å²) >= 11 is 1.33. The number of imide groups is 1. The van der Waals surface area contributed by atoms with E-state index in [1.807, 2.05) is 24.3 Å². The summed E-state index contributed by atoms with van der Waals surface area (Å²) in [5, 5.41) is 6.54. The van der Waals surface area contributed by atoms with E-state index in [1.165, 1.54) is 24.5 Å². The molecule has 2 aromatic rings. The lowest BCUT2D eigenvalue weighted by molar-refractivity contribution is -0.119. The normalized spacial score (nSPS) is 16.4. The molecule has 0 spiro atoms.